The van der Waals surface area contributed by atoms with Crippen molar-refractivity contribution in [3.8, 4) is 17.1 Å². The van der Waals surface area contributed by atoms with Crippen LogP contribution in [0.2, 0.25) is 0 Å². The average Bonchev–Trinajstić information content (AvgIpc) is 3.62. The number of hydrogen-bond donors (Lipinski definition) is 0. The molecule has 5 heterocycles. The van der Waals surface area contributed by atoms with Crippen molar-refractivity contribution in [1.29, 1.82) is 0 Å². The Balaban J connectivity index is 1.26. The van der Waals surface area contributed by atoms with Crippen LogP contribution in [-0.2, 0) is 0 Å². The molecule has 0 spiro atoms. The molecule has 1 fully saturated rings. The summed E-state index contributed by atoms with van der Waals surface area (Å²) in [6.45, 7) is 4.53. The summed E-state index contributed by atoms with van der Waals surface area (Å²) in [7, 11) is 0. The van der Waals surface area contributed by atoms with Gasteiger partial charge in [0, 0.05) is 38.6 Å². The Hall–Kier alpha value is -3.98. The van der Waals surface area contributed by atoms with E-state index in [1.165, 1.54) is 0 Å². The number of anilines is 1. The van der Waals surface area contributed by atoms with Crippen molar-refractivity contribution in [2.24, 2.45) is 0 Å². The van der Waals surface area contributed by atoms with Crippen molar-refractivity contribution in [2.75, 3.05) is 31.1 Å². The lowest BCUT2D eigenvalue weighted by atomic mass is 10.1. The van der Waals surface area contributed by atoms with E-state index < -0.39 is 0 Å². The van der Waals surface area contributed by atoms with Gasteiger partial charge in [-0.1, -0.05) is 29.5 Å². The molecule has 1 amide bonds. The zero-order valence-corrected chi connectivity index (χ0v) is 19.4. The molecule has 0 N–H and O–H groups in total. The van der Waals surface area contributed by atoms with Crippen molar-refractivity contribution in [2.45, 2.75) is 6.92 Å². The maximum absolute atomic E-state index is 13.6. The summed E-state index contributed by atoms with van der Waals surface area (Å²) in [6.07, 6.45) is 3.59. The fourth-order valence-corrected chi connectivity index (χ4v) is 5.11. The van der Waals surface area contributed by atoms with Gasteiger partial charge in [-0.2, -0.15) is 5.10 Å². The highest BCUT2D eigenvalue weighted by molar-refractivity contribution is 7.21. The molecule has 0 bridgehead atoms. The van der Waals surface area contributed by atoms with E-state index in [9.17, 15) is 4.79 Å². The second-order valence-corrected chi connectivity index (χ2v) is 9.14. The number of pyridine rings is 1. The van der Waals surface area contributed by atoms with Gasteiger partial charge in [-0.25, -0.2) is 14.6 Å². The van der Waals surface area contributed by atoms with Gasteiger partial charge in [0.05, 0.1) is 11.3 Å². The van der Waals surface area contributed by atoms with Gasteiger partial charge in [0.15, 0.2) is 10.9 Å². The zero-order valence-electron chi connectivity index (χ0n) is 18.6. The van der Waals surface area contributed by atoms with Crippen LogP contribution < -0.4 is 4.90 Å². The number of para-hydroxylation sites is 1. The van der Waals surface area contributed by atoms with E-state index in [-0.39, 0.29) is 5.91 Å². The fraction of sp³-hybridized carbons (Fsp3) is 0.200. The minimum atomic E-state index is -0.0446. The Labute approximate surface area is 200 Å². The quantitative estimate of drug-likeness (QED) is 0.387. The third-order valence-electron chi connectivity index (χ3n) is 5.93. The molecular weight excluding hydrogens is 448 g/mol. The smallest absolute Gasteiger partial charge is 0.257 e. The van der Waals surface area contributed by atoms with Crippen LogP contribution in [0, 0.1) is 6.92 Å². The van der Waals surface area contributed by atoms with E-state index in [4.69, 9.17) is 14.5 Å². The molecule has 0 atom stereocenters. The first kappa shape index (κ1) is 20.6. The number of benzene rings is 1. The number of rotatable bonds is 4. The zero-order chi connectivity index (χ0) is 23.1. The van der Waals surface area contributed by atoms with Crippen LogP contribution in [0.15, 0.2) is 71.4 Å². The van der Waals surface area contributed by atoms with E-state index in [1.54, 1.807) is 28.4 Å². The summed E-state index contributed by atoms with van der Waals surface area (Å²) >= 11 is 1.59. The second-order valence-electron chi connectivity index (χ2n) is 8.19. The number of thiazole rings is 1. The molecule has 8 nitrogen and oxygen atoms in total. The lowest BCUT2D eigenvalue weighted by molar-refractivity contribution is 0.0747. The third kappa shape index (κ3) is 3.73. The van der Waals surface area contributed by atoms with Crippen LogP contribution in [0.1, 0.15) is 16.1 Å². The van der Waals surface area contributed by atoms with Gasteiger partial charge >= 0.3 is 0 Å². The molecule has 1 saturated heterocycles. The number of amides is 1. The first-order valence-electron chi connectivity index (χ1n) is 11.1. The highest BCUT2D eigenvalue weighted by Crippen LogP contribution is 2.29. The number of carbonyl (C=O) groups is 1. The first-order chi connectivity index (χ1) is 16.7. The van der Waals surface area contributed by atoms with Crippen molar-refractivity contribution in [1.82, 2.24) is 24.6 Å². The largest absolute Gasteiger partial charge is 0.460 e. The van der Waals surface area contributed by atoms with E-state index >= 15 is 0 Å². The summed E-state index contributed by atoms with van der Waals surface area (Å²) in [5.74, 6) is 1.33. The van der Waals surface area contributed by atoms with Crippen molar-refractivity contribution in [3.63, 3.8) is 0 Å². The van der Waals surface area contributed by atoms with Gasteiger partial charge in [0.1, 0.15) is 21.8 Å². The van der Waals surface area contributed by atoms with Crippen LogP contribution in [0.5, 0.6) is 0 Å². The van der Waals surface area contributed by atoms with Crippen molar-refractivity contribution in [3.05, 3.63) is 78.3 Å². The topological polar surface area (TPSA) is 80.3 Å². The van der Waals surface area contributed by atoms with Crippen LogP contribution in [0.4, 0.5) is 5.13 Å². The number of furan rings is 1. The lowest BCUT2D eigenvalue weighted by Crippen LogP contribution is -2.48. The highest BCUT2D eigenvalue weighted by atomic mass is 32.1. The maximum atomic E-state index is 13.6. The summed E-state index contributed by atoms with van der Waals surface area (Å²) in [6, 6.07) is 17.4. The number of aromatic nitrogens is 4. The molecule has 6 rings (SSSR count). The van der Waals surface area contributed by atoms with E-state index in [2.05, 4.69) is 9.88 Å². The van der Waals surface area contributed by atoms with Gasteiger partial charge in [-0.15, -0.1) is 0 Å². The van der Waals surface area contributed by atoms with E-state index in [1.807, 2.05) is 66.4 Å². The molecule has 4 aromatic heterocycles. The molecule has 34 heavy (non-hydrogen) atoms. The predicted molar refractivity (Wildman–Crippen MR) is 132 cm³/mol. The Morgan fingerprint density at radius 3 is 2.56 bits per heavy atom. The number of hydrogen-bond acceptors (Lipinski definition) is 7. The minimum Gasteiger partial charge on any atom is -0.460 e. The van der Waals surface area contributed by atoms with E-state index in [0.717, 1.165) is 26.9 Å². The predicted octanol–water partition coefficient (Wildman–Crippen LogP) is 4.41. The van der Waals surface area contributed by atoms with Gasteiger partial charge in [-0.05, 0) is 43.3 Å². The monoisotopic (exact) mass is 470 g/mol. The Morgan fingerprint density at radius 1 is 1.00 bits per heavy atom. The summed E-state index contributed by atoms with van der Waals surface area (Å²) in [5.41, 5.74) is 2.89. The SMILES string of the molecule is Cc1ccc(-c2nn(-c3ccccc3)cc2C(=O)N2CCN(c3nc4cccnc4s3)CC2)o1. The van der Waals surface area contributed by atoms with Crippen LogP contribution >= 0.6 is 11.3 Å². The van der Waals surface area contributed by atoms with Gasteiger partial charge in [-0.3, -0.25) is 4.79 Å². The molecule has 1 aliphatic rings. The maximum Gasteiger partial charge on any atom is 0.257 e. The van der Waals surface area contributed by atoms with Gasteiger partial charge in [0.2, 0.25) is 0 Å². The van der Waals surface area contributed by atoms with Crippen molar-refractivity contribution >= 4 is 32.7 Å². The van der Waals surface area contributed by atoms with Crippen LogP contribution in [-0.4, -0.2) is 56.7 Å². The molecule has 0 saturated carbocycles. The van der Waals surface area contributed by atoms with Crippen molar-refractivity contribution < 1.29 is 9.21 Å². The highest BCUT2D eigenvalue weighted by Gasteiger charge is 2.28. The fourth-order valence-electron chi connectivity index (χ4n) is 4.15. The number of aryl methyl sites for hydroxylation is 1. The van der Waals surface area contributed by atoms with Crippen LogP contribution in [0.3, 0.4) is 0 Å². The molecule has 5 aromatic rings. The third-order valence-corrected chi connectivity index (χ3v) is 6.97. The molecule has 0 aliphatic carbocycles. The molecule has 9 heteroatoms. The number of piperazine rings is 1. The molecule has 0 radical (unpaired) electrons. The normalized spacial score (nSPS) is 14.1. The summed E-state index contributed by atoms with van der Waals surface area (Å²) in [4.78, 5) is 27.8. The van der Waals surface area contributed by atoms with Crippen LogP contribution in [0.25, 0.3) is 27.5 Å². The minimum absolute atomic E-state index is 0.0446. The molecule has 1 aromatic carbocycles. The Kier molecular flexibility index (Phi) is 5.10. The standard InChI is InChI=1S/C25H22N6O2S/c1-17-9-10-21(33-17)22-19(16-31(28-22)18-6-3-2-4-7-18)24(32)29-12-14-30(15-13-29)25-27-20-8-5-11-26-23(20)34-25/h2-11,16H,12-15H2,1H3. The second kappa shape index (κ2) is 8.42. The average molecular weight is 471 g/mol. The molecular formula is C25H22N6O2S. The molecule has 170 valence electrons. The Bertz CT molecular complexity index is 1430. The molecule has 1 aliphatic heterocycles. The number of carbonyl (C=O) groups excluding carboxylic acids is 1. The summed E-state index contributed by atoms with van der Waals surface area (Å²) < 4.78 is 7.57. The number of fused-ring (bicyclic) bond motifs is 1. The van der Waals surface area contributed by atoms with Gasteiger partial charge < -0.3 is 14.2 Å². The molecule has 0 unspecified atom stereocenters. The Morgan fingerprint density at radius 2 is 1.82 bits per heavy atom. The van der Waals surface area contributed by atoms with E-state index in [0.29, 0.717) is 43.2 Å². The summed E-state index contributed by atoms with van der Waals surface area (Å²) in [5, 5.41) is 5.67. The first-order valence-corrected chi connectivity index (χ1v) is 11.9. The van der Waals surface area contributed by atoms with Gasteiger partial charge in [0.25, 0.3) is 5.91 Å². The number of nitrogens with zero attached hydrogens (tertiary/aromatic N) is 6. The lowest BCUT2D eigenvalue weighted by Gasteiger charge is -2.34.